The number of furan rings is 1. The number of ether oxygens (including phenoxy) is 1. The lowest BCUT2D eigenvalue weighted by Gasteiger charge is -2.01. The Hall–Kier alpha value is -3.00. The van der Waals surface area contributed by atoms with Crippen molar-refractivity contribution in [1.29, 1.82) is 0 Å². The van der Waals surface area contributed by atoms with Gasteiger partial charge in [-0.25, -0.2) is 4.98 Å². The van der Waals surface area contributed by atoms with Crippen molar-refractivity contribution in [3.63, 3.8) is 0 Å². The van der Waals surface area contributed by atoms with Gasteiger partial charge < -0.3 is 18.2 Å². The van der Waals surface area contributed by atoms with Gasteiger partial charge in [0.2, 0.25) is 0 Å². The van der Waals surface area contributed by atoms with Crippen LogP contribution in [0.25, 0.3) is 34.0 Å². The van der Waals surface area contributed by atoms with E-state index in [4.69, 9.17) is 18.2 Å². The van der Waals surface area contributed by atoms with Gasteiger partial charge in [-0.05, 0) is 31.5 Å². The van der Waals surface area contributed by atoms with Gasteiger partial charge in [0.05, 0.1) is 29.5 Å². The van der Waals surface area contributed by atoms with Crippen LogP contribution >= 0.6 is 0 Å². The van der Waals surface area contributed by atoms with Gasteiger partial charge in [-0.1, -0.05) is 10.3 Å². The van der Waals surface area contributed by atoms with Crippen molar-refractivity contribution in [3.05, 3.63) is 36.0 Å². The molecular weight excluding hydrogens is 324 g/mol. The highest BCUT2D eigenvalue weighted by atomic mass is 16.5. The van der Waals surface area contributed by atoms with Crippen LogP contribution in [0.1, 0.15) is 23.9 Å². The standard InChI is InChI=1S/C17H14N4O4/c1-9-14-11(16-19-15(21-24-16)10-4-6-22-8-10)7-12(13-3-2-5-23-13)18-17(14)25-20-9/h2-3,5,7,10H,4,6,8H2,1H3/t10-/m1/s1. The van der Waals surface area contributed by atoms with Crippen LogP contribution in [-0.4, -0.2) is 33.5 Å². The number of aromatic nitrogens is 4. The Balaban J connectivity index is 1.67. The highest BCUT2D eigenvalue weighted by Crippen LogP contribution is 2.34. The summed E-state index contributed by atoms with van der Waals surface area (Å²) in [6.45, 7) is 3.20. The molecule has 25 heavy (non-hydrogen) atoms. The summed E-state index contributed by atoms with van der Waals surface area (Å²) < 4.78 is 21.7. The van der Waals surface area contributed by atoms with E-state index in [9.17, 15) is 0 Å². The van der Waals surface area contributed by atoms with Crippen LogP contribution in [0.15, 0.2) is 37.9 Å². The molecule has 0 saturated carbocycles. The van der Waals surface area contributed by atoms with E-state index in [0.29, 0.717) is 41.2 Å². The van der Waals surface area contributed by atoms with E-state index in [2.05, 4.69) is 20.3 Å². The summed E-state index contributed by atoms with van der Waals surface area (Å²) in [7, 11) is 0. The predicted molar refractivity (Wildman–Crippen MR) is 85.7 cm³/mol. The molecule has 5 rings (SSSR count). The SMILES string of the molecule is Cc1noc2nc(-c3ccco3)cc(-c3nc([C@@H]4CCOC4)no3)c12. The lowest BCUT2D eigenvalue weighted by Crippen LogP contribution is -1.99. The number of nitrogens with zero attached hydrogens (tertiary/aromatic N) is 4. The molecule has 4 aromatic rings. The van der Waals surface area contributed by atoms with Crippen LogP contribution < -0.4 is 0 Å². The third-order valence-electron chi connectivity index (χ3n) is 4.36. The van der Waals surface area contributed by atoms with Crippen LogP contribution in [0.3, 0.4) is 0 Å². The van der Waals surface area contributed by atoms with Crippen LogP contribution in [-0.2, 0) is 4.74 Å². The zero-order valence-corrected chi connectivity index (χ0v) is 13.4. The molecule has 0 unspecified atom stereocenters. The van der Waals surface area contributed by atoms with E-state index in [1.165, 1.54) is 0 Å². The first-order chi connectivity index (χ1) is 12.3. The first-order valence-electron chi connectivity index (χ1n) is 8.02. The first-order valence-corrected chi connectivity index (χ1v) is 8.02. The highest BCUT2D eigenvalue weighted by Gasteiger charge is 2.25. The van der Waals surface area contributed by atoms with Gasteiger partial charge in [-0.15, -0.1) is 0 Å². The lowest BCUT2D eigenvalue weighted by molar-refractivity contribution is 0.192. The average Bonchev–Trinajstić information content (AvgIpc) is 3.40. The van der Waals surface area contributed by atoms with Gasteiger partial charge in [-0.2, -0.15) is 4.98 Å². The molecule has 1 aliphatic rings. The van der Waals surface area contributed by atoms with Gasteiger partial charge in [0.1, 0.15) is 5.69 Å². The van der Waals surface area contributed by atoms with Crippen molar-refractivity contribution in [1.82, 2.24) is 20.3 Å². The number of hydrogen-bond donors (Lipinski definition) is 0. The van der Waals surface area contributed by atoms with Crippen LogP contribution in [0.4, 0.5) is 0 Å². The quantitative estimate of drug-likeness (QED) is 0.560. The second-order valence-corrected chi connectivity index (χ2v) is 6.00. The van der Waals surface area contributed by atoms with Gasteiger partial charge in [0.25, 0.3) is 11.6 Å². The molecule has 1 saturated heterocycles. The molecule has 0 aliphatic carbocycles. The fourth-order valence-electron chi connectivity index (χ4n) is 3.06. The van der Waals surface area contributed by atoms with Crippen LogP contribution in [0, 0.1) is 6.92 Å². The number of hydrogen-bond acceptors (Lipinski definition) is 8. The molecule has 0 N–H and O–H groups in total. The Morgan fingerprint density at radius 1 is 1.16 bits per heavy atom. The molecular formula is C17H14N4O4. The Morgan fingerprint density at radius 2 is 2.12 bits per heavy atom. The minimum Gasteiger partial charge on any atom is -0.463 e. The van der Waals surface area contributed by atoms with Crippen LogP contribution in [0.2, 0.25) is 0 Å². The van der Waals surface area contributed by atoms with Crippen molar-refractivity contribution in [2.75, 3.05) is 13.2 Å². The van der Waals surface area contributed by atoms with Crippen LogP contribution in [0.5, 0.6) is 0 Å². The minimum atomic E-state index is 0.169. The molecule has 126 valence electrons. The Labute approximate surface area is 141 Å². The topological polar surface area (TPSA) is 100 Å². The zero-order valence-electron chi connectivity index (χ0n) is 13.4. The third-order valence-corrected chi connectivity index (χ3v) is 4.36. The Bertz CT molecular complexity index is 1030. The second-order valence-electron chi connectivity index (χ2n) is 6.00. The maximum Gasteiger partial charge on any atom is 0.259 e. The smallest absolute Gasteiger partial charge is 0.259 e. The van der Waals surface area contributed by atoms with E-state index in [-0.39, 0.29) is 5.92 Å². The van der Waals surface area contributed by atoms with Gasteiger partial charge in [0, 0.05) is 12.5 Å². The summed E-state index contributed by atoms with van der Waals surface area (Å²) in [4.78, 5) is 9.05. The highest BCUT2D eigenvalue weighted by molar-refractivity contribution is 5.93. The molecule has 8 heteroatoms. The second kappa shape index (κ2) is 5.52. The van der Waals surface area contributed by atoms with E-state index >= 15 is 0 Å². The van der Waals surface area contributed by atoms with Gasteiger partial charge >= 0.3 is 0 Å². The molecule has 5 heterocycles. The molecule has 4 aromatic heterocycles. The lowest BCUT2D eigenvalue weighted by atomic mass is 10.1. The van der Waals surface area contributed by atoms with Crippen molar-refractivity contribution < 1.29 is 18.2 Å². The molecule has 0 amide bonds. The number of aryl methyl sites for hydroxylation is 1. The normalized spacial score (nSPS) is 17.6. The molecule has 1 fully saturated rings. The van der Waals surface area contributed by atoms with Crippen molar-refractivity contribution in [2.24, 2.45) is 0 Å². The summed E-state index contributed by atoms with van der Waals surface area (Å²) in [5, 5.41) is 8.90. The Kier molecular flexibility index (Phi) is 3.17. The maximum atomic E-state index is 5.52. The number of rotatable bonds is 3. The fraction of sp³-hybridized carbons (Fsp3) is 0.294. The zero-order chi connectivity index (χ0) is 16.8. The van der Waals surface area contributed by atoms with Crippen molar-refractivity contribution in [3.8, 4) is 22.9 Å². The Morgan fingerprint density at radius 3 is 2.92 bits per heavy atom. The largest absolute Gasteiger partial charge is 0.463 e. The molecule has 0 radical (unpaired) electrons. The average molecular weight is 338 g/mol. The molecule has 1 atom stereocenters. The molecule has 1 aliphatic heterocycles. The molecule has 0 bridgehead atoms. The van der Waals surface area contributed by atoms with E-state index in [1.54, 1.807) is 12.3 Å². The summed E-state index contributed by atoms with van der Waals surface area (Å²) in [6, 6.07) is 5.49. The molecule has 0 aromatic carbocycles. The molecule has 0 spiro atoms. The van der Waals surface area contributed by atoms with Crippen molar-refractivity contribution >= 4 is 11.1 Å². The monoisotopic (exact) mass is 338 g/mol. The summed E-state index contributed by atoms with van der Waals surface area (Å²) in [6.07, 6.45) is 2.49. The summed E-state index contributed by atoms with van der Waals surface area (Å²) >= 11 is 0. The first kappa shape index (κ1) is 14.4. The summed E-state index contributed by atoms with van der Waals surface area (Å²) in [5.74, 6) is 1.86. The molecule has 8 nitrogen and oxygen atoms in total. The maximum absolute atomic E-state index is 5.52. The number of pyridine rings is 1. The third kappa shape index (κ3) is 2.33. The van der Waals surface area contributed by atoms with E-state index in [1.807, 2.05) is 19.1 Å². The van der Waals surface area contributed by atoms with E-state index in [0.717, 1.165) is 24.0 Å². The van der Waals surface area contributed by atoms with E-state index < -0.39 is 0 Å². The minimum absolute atomic E-state index is 0.169. The summed E-state index contributed by atoms with van der Waals surface area (Å²) in [5.41, 5.74) is 2.47. The predicted octanol–water partition coefficient (Wildman–Crippen LogP) is 3.35. The van der Waals surface area contributed by atoms with Gasteiger partial charge in [0.15, 0.2) is 11.6 Å². The fourth-order valence-corrected chi connectivity index (χ4v) is 3.06. The van der Waals surface area contributed by atoms with Crippen molar-refractivity contribution in [2.45, 2.75) is 19.3 Å². The van der Waals surface area contributed by atoms with Gasteiger partial charge in [-0.3, -0.25) is 0 Å². The number of fused-ring (bicyclic) bond motifs is 1.